The molecule has 0 radical (unpaired) electrons. The molecule has 90 valence electrons. The average molecular weight is 255 g/mol. The number of para-hydroxylation sites is 1. The van der Waals surface area contributed by atoms with Crippen LogP contribution in [0.25, 0.3) is 10.2 Å². The normalized spacial score (nSPS) is 10.7. The predicted octanol–water partition coefficient (Wildman–Crippen LogP) is 3.93. The minimum Gasteiger partial charge on any atom is -0.397 e. The fourth-order valence-corrected chi connectivity index (χ4v) is 2.70. The van der Waals surface area contributed by atoms with E-state index in [4.69, 9.17) is 5.73 Å². The minimum atomic E-state index is 0.723. The smallest absolute Gasteiger partial charge is 0.188 e. The van der Waals surface area contributed by atoms with Crippen LogP contribution in [0.15, 0.2) is 42.5 Å². The molecular weight excluding hydrogens is 242 g/mol. The number of aromatic nitrogens is 1. The summed E-state index contributed by atoms with van der Waals surface area (Å²) >= 11 is 1.61. The van der Waals surface area contributed by atoms with Crippen molar-refractivity contribution in [2.75, 3.05) is 11.1 Å². The van der Waals surface area contributed by atoms with E-state index >= 15 is 0 Å². The van der Waals surface area contributed by atoms with Crippen LogP contribution < -0.4 is 11.1 Å². The van der Waals surface area contributed by atoms with Crippen LogP contribution in [0.3, 0.4) is 0 Å². The molecule has 0 saturated heterocycles. The lowest BCUT2D eigenvalue weighted by molar-refractivity contribution is 1.42. The van der Waals surface area contributed by atoms with E-state index in [2.05, 4.69) is 29.4 Å². The molecule has 18 heavy (non-hydrogen) atoms. The van der Waals surface area contributed by atoms with Gasteiger partial charge in [-0.1, -0.05) is 35.1 Å². The lowest BCUT2D eigenvalue weighted by Gasteiger charge is -2.01. The van der Waals surface area contributed by atoms with Gasteiger partial charge in [0.2, 0.25) is 0 Å². The van der Waals surface area contributed by atoms with Gasteiger partial charge >= 0.3 is 0 Å². The summed E-state index contributed by atoms with van der Waals surface area (Å²) in [5, 5.41) is 4.17. The monoisotopic (exact) mass is 255 g/mol. The molecule has 0 spiro atoms. The molecule has 0 aliphatic rings. The molecule has 0 unspecified atom stereocenters. The molecule has 3 N–H and O–H groups in total. The number of thiazole rings is 1. The Morgan fingerprint density at radius 3 is 2.61 bits per heavy atom. The summed E-state index contributed by atoms with van der Waals surface area (Å²) in [5.74, 6) is 0. The van der Waals surface area contributed by atoms with Crippen LogP contribution in [0.1, 0.15) is 5.56 Å². The van der Waals surface area contributed by atoms with Crippen molar-refractivity contribution < 1.29 is 0 Å². The summed E-state index contributed by atoms with van der Waals surface area (Å²) in [6.07, 6.45) is 0. The van der Waals surface area contributed by atoms with Gasteiger partial charge in [0.05, 0.1) is 10.4 Å². The maximum Gasteiger partial charge on any atom is 0.188 e. The molecule has 0 aliphatic heterocycles. The number of nitrogens with one attached hydrogen (secondary N) is 1. The first-order valence-corrected chi connectivity index (χ1v) is 6.53. The van der Waals surface area contributed by atoms with Crippen LogP contribution in [0.4, 0.5) is 16.5 Å². The number of benzene rings is 2. The molecule has 3 rings (SSSR count). The summed E-state index contributed by atoms with van der Waals surface area (Å²) < 4.78 is 1.10. The number of hydrogen-bond acceptors (Lipinski definition) is 4. The molecule has 0 amide bonds. The topological polar surface area (TPSA) is 50.9 Å². The summed E-state index contributed by atoms with van der Waals surface area (Å²) in [6.45, 7) is 2.07. The number of fused-ring (bicyclic) bond motifs is 1. The van der Waals surface area contributed by atoms with Gasteiger partial charge < -0.3 is 11.1 Å². The van der Waals surface area contributed by atoms with Gasteiger partial charge in [-0.25, -0.2) is 4.98 Å². The van der Waals surface area contributed by atoms with Crippen molar-refractivity contribution in [3.8, 4) is 0 Å². The average Bonchev–Trinajstić information content (AvgIpc) is 2.76. The Hall–Kier alpha value is -2.07. The van der Waals surface area contributed by atoms with Gasteiger partial charge in [-0.3, -0.25) is 0 Å². The van der Waals surface area contributed by atoms with Gasteiger partial charge in [-0.2, -0.15) is 0 Å². The fraction of sp³-hybridized carbons (Fsp3) is 0.0714. The molecule has 0 fully saturated rings. The first-order chi connectivity index (χ1) is 8.72. The lowest BCUT2D eigenvalue weighted by Crippen LogP contribution is -1.89. The molecule has 0 bridgehead atoms. The van der Waals surface area contributed by atoms with Crippen molar-refractivity contribution in [2.24, 2.45) is 0 Å². The third-order valence-corrected chi connectivity index (χ3v) is 3.69. The Labute approximate surface area is 109 Å². The van der Waals surface area contributed by atoms with Gasteiger partial charge in [-0.05, 0) is 31.2 Å². The second kappa shape index (κ2) is 4.31. The Kier molecular flexibility index (Phi) is 2.64. The molecular formula is C14H13N3S. The summed E-state index contributed by atoms with van der Waals surface area (Å²) in [6, 6.07) is 14.1. The highest BCUT2D eigenvalue weighted by Gasteiger charge is 2.06. The van der Waals surface area contributed by atoms with E-state index in [1.165, 1.54) is 5.56 Å². The molecule has 0 atom stereocenters. The minimum absolute atomic E-state index is 0.723. The zero-order valence-electron chi connectivity index (χ0n) is 9.97. The SMILES string of the molecule is Cc1ccc(Nc2nc3c(N)cccc3s2)cc1. The zero-order chi connectivity index (χ0) is 12.5. The Morgan fingerprint density at radius 2 is 1.89 bits per heavy atom. The summed E-state index contributed by atoms with van der Waals surface area (Å²) in [7, 11) is 0. The van der Waals surface area contributed by atoms with Crippen molar-refractivity contribution >= 4 is 38.1 Å². The number of nitrogens with two attached hydrogens (primary N) is 1. The number of hydrogen-bond donors (Lipinski definition) is 2. The Bertz CT molecular complexity index is 686. The van der Waals surface area contributed by atoms with Gasteiger partial charge in [0.25, 0.3) is 0 Å². The van der Waals surface area contributed by atoms with Gasteiger partial charge in [0.1, 0.15) is 5.52 Å². The summed E-state index contributed by atoms with van der Waals surface area (Å²) in [4.78, 5) is 4.51. The van der Waals surface area contributed by atoms with Crippen molar-refractivity contribution in [3.05, 3.63) is 48.0 Å². The first kappa shape index (κ1) is 11.0. The summed E-state index contributed by atoms with van der Waals surface area (Å²) in [5.41, 5.74) is 9.78. The molecule has 1 heterocycles. The molecule has 2 aromatic carbocycles. The standard InChI is InChI=1S/C14H13N3S/c1-9-5-7-10(8-6-9)16-14-17-13-11(15)3-2-4-12(13)18-14/h2-8H,15H2,1H3,(H,16,17). The molecule has 4 heteroatoms. The zero-order valence-corrected chi connectivity index (χ0v) is 10.8. The number of aryl methyl sites for hydroxylation is 1. The second-order valence-corrected chi connectivity index (χ2v) is 5.23. The molecule has 0 aliphatic carbocycles. The first-order valence-electron chi connectivity index (χ1n) is 5.71. The van der Waals surface area contributed by atoms with E-state index < -0.39 is 0 Å². The van der Waals surface area contributed by atoms with E-state index in [1.807, 2.05) is 30.3 Å². The van der Waals surface area contributed by atoms with E-state index in [1.54, 1.807) is 11.3 Å². The maximum atomic E-state index is 5.90. The highest BCUT2D eigenvalue weighted by atomic mass is 32.1. The number of anilines is 3. The van der Waals surface area contributed by atoms with Crippen LogP contribution in [0, 0.1) is 6.92 Å². The number of nitrogens with zero attached hydrogens (tertiary/aromatic N) is 1. The van der Waals surface area contributed by atoms with Gasteiger partial charge in [0.15, 0.2) is 5.13 Å². The maximum absolute atomic E-state index is 5.90. The van der Waals surface area contributed by atoms with Crippen LogP contribution in [-0.4, -0.2) is 4.98 Å². The van der Waals surface area contributed by atoms with Crippen LogP contribution in [-0.2, 0) is 0 Å². The van der Waals surface area contributed by atoms with E-state index in [0.717, 1.165) is 26.7 Å². The van der Waals surface area contributed by atoms with E-state index in [9.17, 15) is 0 Å². The Balaban J connectivity index is 1.95. The highest BCUT2D eigenvalue weighted by molar-refractivity contribution is 7.22. The Morgan fingerprint density at radius 1 is 1.11 bits per heavy atom. The predicted molar refractivity (Wildman–Crippen MR) is 78.5 cm³/mol. The van der Waals surface area contributed by atoms with Crippen molar-refractivity contribution in [1.29, 1.82) is 0 Å². The number of nitrogen functional groups attached to an aromatic ring is 1. The molecule has 1 aromatic heterocycles. The van der Waals surface area contributed by atoms with Crippen molar-refractivity contribution in [2.45, 2.75) is 6.92 Å². The van der Waals surface area contributed by atoms with E-state index in [-0.39, 0.29) is 0 Å². The fourth-order valence-electron chi connectivity index (χ4n) is 1.78. The lowest BCUT2D eigenvalue weighted by atomic mass is 10.2. The quantitative estimate of drug-likeness (QED) is 0.682. The van der Waals surface area contributed by atoms with Gasteiger partial charge in [-0.15, -0.1) is 0 Å². The van der Waals surface area contributed by atoms with Crippen molar-refractivity contribution in [3.63, 3.8) is 0 Å². The third-order valence-electron chi connectivity index (χ3n) is 2.75. The van der Waals surface area contributed by atoms with Crippen LogP contribution in [0.2, 0.25) is 0 Å². The molecule has 3 aromatic rings. The molecule has 0 saturated carbocycles. The highest BCUT2D eigenvalue weighted by Crippen LogP contribution is 2.31. The largest absolute Gasteiger partial charge is 0.397 e. The van der Waals surface area contributed by atoms with E-state index in [0.29, 0.717) is 0 Å². The van der Waals surface area contributed by atoms with Crippen molar-refractivity contribution in [1.82, 2.24) is 4.98 Å². The van der Waals surface area contributed by atoms with Crippen LogP contribution >= 0.6 is 11.3 Å². The van der Waals surface area contributed by atoms with Gasteiger partial charge in [0, 0.05) is 5.69 Å². The molecule has 3 nitrogen and oxygen atoms in total. The second-order valence-electron chi connectivity index (χ2n) is 4.20. The third kappa shape index (κ3) is 2.02. The van der Waals surface area contributed by atoms with Crippen LogP contribution in [0.5, 0.6) is 0 Å². The number of rotatable bonds is 2.